The Balaban J connectivity index is 3.11. The van der Waals surface area contributed by atoms with Gasteiger partial charge in [-0.05, 0) is 65.7 Å². The highest BCUT2D eigenvalue weighted by Gasteiger charge is 2.33. The molecule has 9 heteroatoms. The second kappa shape index (κ2) is 14.0. The van der Waals surface area contributed by atoms with Crippen LogP contribution in [0.3, 0.4) is 0 Å². The molecule has 0 saturated heterocycles. The molecule has 0 aromatic heterocycles. The second-order valence-electron chi connectivity index (χ2n) is 9.88. The van der Waals surface area contributed by atoms with Gasteiger partial charge in [0.05, 0.1) is 13.2 Å². The lowest BCUT2D eigenvalue weighted by Crippen LogP contribution is -2.48. The largest absolute Gasteiger partial charge is 0.497 e. The molecule has 1 rings (SSSR count). The van der Waals surface area contributed by atoms with Crippen molar-refractivity contribution < 1.29 is 33.3 Å². The zero-order chi connectivity index (χ0) is 26.6. The number of carbonyl (C=O) groups excluding carboxylic acids is 3. The monoisotopic (exact) mass is 509 g/mol. The van der Waals surface area contributed by atoms with Crippen LogP contribution in [0.5, 0.6) is 5.75 Å². The summed E-state index contributed by atoms with van der Waals surface area (Å²) in [6.45, 7) is 14.2. The van der Waals surface area contributed by atoms with Crippen LogP contribution in [0.2, 0.25) is 0 Å². The Morgan fingerprint density at radius 3 is 2.14 bits per heavy atom. The molecule has 2 atom stereocenters. The van der Waals surface area contributed by atoms with Gasteiger partial charge in [0.25, 0.3) is 0 Å². The van der Waals surface area contributed by atoms with Gasteiger partial charge in [-0.2, -0.15) is 0 Å². The number of rotatable bonds is 12. The van der Waals surface area contributed by atoms with Crippen LogP contribution in [0.25, 0.3) is 0 Å². The Bertz CT molecular complexity index is 841. The highest BCUT2D eigenvalue weighted by Crippen LogP contribution is 2.26. The molecular formula is C26H39NO7S. The minimum atomic E-state index is -0.799. The third kappa shape index (κ3) is 13.1. The van der Waals surface area contributed by atoms with Crippen molar-refractivity contribution in [1.29, 1.82) is 0 Å². The van der Waals surface area contributed by atoms with Gasteiger partial charge in [-0.3, -0.25) is 9.59 Å². The molecule has 1 amide bonds. The number of thioether (sulfide) groups is 1. The standard InChI is InChI=1S/C26H39NO7S/c1-9-16-32-23(29)22(35-17-18-10-12-19(31-8)13-11-18)20(27-24(30)34-26(5,6)7)14-15-21(28)33-25(2,3)4/h9-13,20,22H,1,14-17H2,2-8H3,(H,27,30)/t20-,22-/m0/s1. The van der Waals surface area contributed by atoms with Gasteiger partial charge < -0.3 is 24.3 Å². The molecule has 0 heterocycles. The summed E-state index contributed by atoms with van der Waals surface area (Å²) in [7, 11) is 1.59. The van der Waals surface area contributed by atoms with E-state index in [-0.39, 0.29) is 19.4 Å². The first kappa shape index (κ1) is 30.4. The van der Waals surface area contributed by atoms with Gasteiger partial charge in [-0.1, -0.05) is 24.8 Å². The maximum absolute atomic E-state index is 13.0. The number of benzene rings is 1. The lowest BCUT2D eigenvalue weighted by molar-refractivity contribution is -0.155. The maximum atomic E-state index is 13.0. The molecule has 0 spiro atoms. The summed E-state index contributed by atoms with van der Waals surface area (Å²) < 4.78 is 21.3. The summed E-state index contributed by atoms with van der Waals surface area (Å²) in [5, 5.41) is 1.97. The Labute approximate surface area is 213 Å². The molecule has 0 aliphatic carbocycles. The zero-order valence-corrected chi connectivity index (χ0v) is 22.7. The molecular weight excluding hydrogens is 470 g/mol. The smallest absolute Gasteiger partial charge is 0.407 e. The maximum Gasteiger partial charge on any atom is 0.407 e. The second-order valence-corrected chi connectivity index (χ2v) is 11.0. The first-order chi connectivity index (χ1) is 16.2. The van der Waals surface area contributed by atoms with Crippen molar-refractivity contribution in [2.24, 2.45) is 0 Å². The number of alkyl carbamates (subject to hydrolysis) is 1. The van der Waals surface area contributed by atoms with Crippen molar-refractivity contribution in [3.05, 3.63) is 42.5 Å². The summed E-state index contributed by atoms with van der Waals surface area (Å²) in [6.07, 6.45) is 0.960. The SMILES string of the molecule is C=CCOC(=O)[C@@H](SCc1ccc(OC)cc1)[C@H](CCC(=O)OC(C)(C)C)NC(=O)OC(C)(C)C. The third-order valence-corrected chi connectivity index (χ3v) is 5.69. The van der Waals surface area contributed by atoms with Crippen molar-refractivity contribution >= 4 is 29.8 Å². The van der Waals surface area contributed by atoms with Crippen LogP contribution in [0, 0.1) is 0 Å². The Morgan fingerprint density at radius 1 is 1.03 bits per heavy atom. The van der Waals surface area contributed by atoms with Crippen molar-refractivity contribution in [3.63, 3.8) is 0 Å². The van der Waals surface area contributed by atoms with E-state index in [0.29, 0.717) is 5.75 Å². The fraction of sp³-hybridized carbons (Fsp3) is 0.577. The van der Waals surface area contributed by atoms with Crippen LogP contribution in [-0.4, -0.2) is 54.2 Å². The van der Waals surface area contributed by atoms with Crippen LogP contribution >= 0.6 is 11.8 Å². The van der Waals surface area contributed by atoms with E-state index in [1.165, 1.54) is 17.8 Å². The van der Waals surface area contributed by atoms with Crippen molar-refractivity contribution in [3.8, 4) is 5.75 Å². The van der Waals surface area contributed by atoms with Gasteiger partial charge in [0, 0.05) is 12.2 Å². The van der Waals surface area contributed by atoms with Crippen LogP contribution < -0.4 is 10.1 Å². The Kier molecular flexibility index (Phi) is 12.2. The Morgan fingerprint density at radius 2 is 1.63 bits per heavy atom. The molecule has 0 saturated carbocycles. The Hall–Kier alpha value is -2.68. The predicted molar refractivity (Wildman–Crippen MR) is 137 cm³/mol. The minimum Gasteiger partial charge on any atom is -0.497 e. The van der Waals surface area contributed by atoms with Crippen LogP contribution in [-0.2, 0) is 29.6 Å². The van der Waals surface area contributed by atoms with Crippen LogP contribution in [0.4, 0.5) is 4.79 Å². The molecule has 8 nitrogen and oxygen atoms in total. The van der Waals surface area contributed by atoms with E-state index in [0.717, 1.165) is 11.3 Å². The molecule has 1 aromatic rings. The summed E-state index contributed by atoms with van der Waals surface area (Å²) in [5.74, 6) is 0.250. The molecule has 0 bridgehead atoms. The third-order valence-electron chi connectivity index (χ3n) is 4.31. The van der Waals surface area contributed by atoms with Crippen molar-refractivity contribution in [2.45, 2.75) is 82.6 Å². The number of ether oxygens (including phenoxy) is 4. The van der Waals surface area contributed by atoms with Gasteiger partial charge in [-0.25, -0.2) is 4.79 Å². The van der Waals surface area contributed by atoms with Gasteiger partial charge in [0.2, 0.25) is 0 Å². The molecule has 1 N–H and O–H groups in total. The van der Waals surface area contributed by atoms with E-state index in [1.54, 1.807) is 48.7 Å². The first-order valence-electron chi connectivity index (χ1n) is 11.5. The summed E-state index contributed by atoms with van der Waals surface area (Å²) in [4.78, 5) is 37.9. The topological polar surface area (TPSA) is 100 Å². The molecule has 35 heavy (non-hydrogen) atoms. The summed E-state index contributed by atoms with van der Waals surface area (Å²) >= 11 is 1.31. The van der Waals surface area contributed by atoms with E-state index < -0.39 is 40.5 Å². The highest BCUT2D eigenvalue weighted by atomic mass is 32.2. The molecule has 0 unspecified atom stereocenters. The fourth-order valence-electron chi connectivity index (χ4n) is 2.90. The summed E-state index contributed by atoms with van der Waals surface area (Å²) in [6, 6.07) is 6.72. The number of carbonyl (C=O) groups is 3. The molecule has 0 aliphatic heterocycles. The molecule has 0 aliphatic rings. The van der Waals surface area contributed by atoms with Gasteiger partial charge >= 0.3 is 18.0 Å². The highest BCUT2D eigenvalue weighted by molar-refractivity contribution is 7.99. The molecule has 0 radical (unpaired) electrons. The number of hydrogen-bond donors (Lipinski definition) is 1. The van der Waals surface area contributed by atoms with E-state index >= 15 is 0 Å². The van der Waals surface area contributed by atoms with Crippen molar-refractivity contribution in [2.75, 3.05) is 13.7 Å². The molecule has 196 valence electrons. The number of methoxy groups -OCH3 is 1. The summed E-state index contributed by atoms with van der Waals surface area (Å²) in [5.41, 5.74) is -0.411. The van der Waals surface area contributed by atoms with E-state index in [1.807, 2.05) is 24.3 Å². The van der Waals surface area contributed by atoms with Gasteiger partial charge in [0.15, 0.2) is 0 Å². The average molecular weight is 510 g/mol. The minimum absolute atomic E-state index is 0.00602. The fourth-order valence-corrected chi connectivity index (χ4v) is 4.11. The molecule has 1 aromatic carbocycles. The number of nitrogens with one attached hydrogen (secondary N) is 1. The number of esters is 2. The van der Waals surface area contributed by atoms with E-state index in [9.17, 15) is 14.4 Å². The van der Waals surface area contributed by atoms with Gasteiger partial charge in [-0.15, -0.1) is 11.8 Å². The van der Waals surface area contributed by atoms with Crippen LogP contribution in [0.1, 0.15) is 59.9 Å². The quantitative estimate of drug-likeness (QED) is 0.238. The van der Waals surface area contributed by atoms with Gasteiger partial charge in [0.1, 0.15) is 28.8 Å². The van der Waals surface area contributed by atoms with Crippen molar-refractivity contribution in [1.82, 2.24) is 5.32 Å². The number of hydrogen-bond acceptors (Lipinski definition) is 8. The van der Waals surface area contributed by atoms with Crippen LogP contribution in [0.15, 0.2) is 36.9 Å². The molecule has 0 fully saturated rings. The first-order valence-corrected chi connectivity index (χ1v) is 12.5. The van der Waals surface area contributed by atoms with E-state index in [2.05, 4.69) is 11.9 Å². The zero-order valence-electron chi connectivity index (χ0n) is 21.8. The average Bonchev–Trinajstić information content (AvgIpc) is 2.73. The predicted octanol–water partition coefficient (Wildman–Crippen LogP) is 5.04. The lowest BCUT2D eigenvalue weighted by Gasteiger charge is -2.28. The number of amides is 1. The lowest BCUT2D eigenvalue weighted by atomic mass is 10.1. The normalized spacial score (nSPS) is 13.2. The van der Waals surface area contributed by atoms with E-state index in [4.69, 9.17) is 18.9 Å².